The number of carbonyl (C=O) groups is 1. The molecule has 0 unspecified atom stereocenters. The average Bonchev–Trinajstić information content (AvgIpc) is 2.38. The number of primary amides is 1. The van der Waals surface area contributed by atoms with Crippen molar-refractivity contribution in [1.82, 2.24) is 0 Å². The molecule has 5 heteroatoms. The number of anilines is 2. The maximum Gasteiger partial charge on any atom is 0.404 e. The van der Waals surface area contributed by atoms with E-state index in [2.05, 4.69) is 17.9 Å². The lowest BCUT2D eigenvalue weighted by molar-refractivity contribution is -0.0521. The SMILES string of the molecule is Cc1cc(N)ccc1N1CCC2(CC1)CC(OC(N)=O)C2. The number of benzene rings is 1. The molecule has 0 atom stereocenters. The molecule has 0 bridgehead atoms. The van der Waals surface area contributed by atoms with Crippen LogP contribution in [0.2, 0.25) is 0 Å². The maximum absolute atomic E-state index is 10.8. The van der Waals surface area contributed by atoms with Gasteiger partial charge in [-0.15, -0.1) is 0 Å². The van der Waals surface area contributed by atoms with Crippen LogP contribution >= 0.6 is 0 Å². The van der Waals surface area contributed by atoms with Gasteiger partial charge in [0.1, 0.15) is 6.10 Å². The molecule has 1 aliphatic heterocycles. The van der Waals surface area contributed by atoms with Gasteiger partial charge in [-0.05, 0) is 61.8 Å². The third kappa shape index (κ3) is 2.77. The molecule has 0 radical (unpaired) electrons. The lowest BCUT2D eigenvalue weighted by atomic mass is 9.61. The van der Waals surface area contributed by atoms with Crippen LogP contribution in [-0.4, -0.2) is 25.3 Å². The van der Waals surface area contributed by atoms with Gasteiger partial charge in [-0.2, -0.15) is 0 Å². The van der Waals surface area contributed by atoms with Crippen molar-refractivity contribution in [2.45, 2.75) is 38.7 Å². The molecule has 2 aliphatic rings. The first-order valence-corrected chi connectivity index (χ1v) is 7.55. The summed E-state index contributed by atoms with van der Waals surface area (Å²) in [4.78, 5) is 13.2. The van der Waals surface area contributed by atoms with Gasteiger partial charge in [0.05, 0.1) is 0 Å². The van der Waals surface area contributed by atoms with Crippen LogP contribution < -0.4 is 16.4 Å². The summed E-state index contributed by atoms with van der Waals surface area (Å²) in [7, 11) is 0. The Bertz CT molecular complexity index is 542. The predicted molar refractivity (Wildman–Crippen MR) is 83.2 cm³/mol. The van der Waals surface area contributed by atoms with E-state index in [1.807, 2.05) is 12.1 Å². The zero-order valence-corrected chi connectivity index (χ0v) is 12.5. The van der Waals surface area contributed by atoms with E-state index >= 15 is 0 Å². The zero-order chi connectivity index (χ0) is 15.0. The lowest BCUT2D eigenvalue weighted by Gasteiger charge is -2.51. The van der Waals surface area contributed by atoms with E-state index in [4.69, 9.17) is 16.2 Å². The largest absolute Gasteiger partial charge is 0.446 e. The van der Waals surface area contributed by atoms with E-state index in [9.17, 15) is 4.79 Å². The van der Waals surface area contributed by atoms with Gasteiger partial charge in [0, 0.05) is 24.5 Å². The number of aryl methyl sites for hydroxylation is 1. The Labute approximate surface area is 125 Å². The molecule has 1 saturated carbocycles. The van der Waals surface area contributed by atoms with Crippen LogP contribution in [0.4, 0.5) is 16.2 Å². The van der Waals surface area contributed by atoms with Gasteiger partial charge >= 0.3 is 6.09 Å². The van der Waals surface area contributed by atoms with E-state index in [0.717, 1.165) is 44.5 Å². The van der Waals surface area contributed by atoms with Crippen molar-refractivity contribution in [3.8, 4) is 0 Å². The minimum atomic E-state index is -0.648. The monoisotopic (exact) mass is 289 g/mol. The molecule has 1 heterocycles. The molecule has 1 spiro atoms. The quantitative estimate of drug-likeness (QED) is 0.819. The summed E-state index contributed by atoms with van der Waals surface area (Å²) in [5.74, 6) is 0. The fourth-order valence-electron chi connectivity index (χ4n) is 3.82. The third-order valence-corrected chi connectivity index (χ3v) is 4.99. The summed E-state index contributed by atoms with van der Waals surface area (Å²) < 4.78 is 5.07. The molecular formula is C16H23N3O2. The molecule has 0 aromatic heterocycles. The second-order valence-corrected chi connectivity index (χ2v) is 6.50. The Morgan fingerprint density at radius 2 is 2.00 bits per heavy atom. The van der Waals surface area contributed by atoms with Crippen LogP contribution in [-0.2, 0) is 4.74 Å². The topological polar surface area (TPSA) is 81.6 Å². The van der Waals surface area contributed by atoms with Crippen LogP contribution in [0.3, 0.4) is 0 Å². The number of piperidine rings is 1. The van der Waals surface area contributed by atoms with Crippen molar-refractivity contribution >= 4 is 17.5 Å². The molecule has 1 saturated heterocycles. The molecular weight excluding hydrogens is 266 g/mol. The summed E-state index contributed by atoms with van der Waals surface area (Å²) >= 11 is 0. The van der Waals surface area contributed by atoms with Gasteiger partial charge in [-0.3, -0.25) is 0 Å². The van der Waals surface area contributed by atoms with Crippen LogP contribution in [0.25, 0.3) is 0 Å². The number of rotatable bonds is 2. The summed E-state index contributed by atoms with van der Waals surface area (Å²) in [6.07, 6.45) is 3.61. The van der Waals surface area contributed by atoms with Gasteiger partial charge in [0.25, 0.3) is 0 Å². The molecule has 1 aromatic rings. The van der Waals surface area contributed by atoms with E-state index in [1.54, 1.807) is 0 Å². The fourth-order valence-corrected chi connectivity index (χ4v) is 3.82. The molecule has 5 nitrogen and oxygen atoms in total. The Kier molecular flexibility index (Phi) is 3.43. The number of amides is 1. The molecule has 1 amide bonds. The minimum Gasteiger partial charge on any atom is -0.446 e. The highest BCUT2D eigenvalue weighted by atomic mass is 16.6. The van der Waals surface area contributed by atoms with Crippen molar-refractivity contribution in [2.75, 3.05) is 23.7 Å². The van der Waals surface area contributed by atoms with Gasteiger partial charge in [0.15, 0.2) is 0 Å². The molecule has 3 rings (SSSR count). The highest BCUT2D eigenvalue weighted by Crippen LogP contribution is 2.50. The zero-order valence-electron chi connectivity index (χ0n) is 12.5. The minimum absolute atomic E-state index is 0.0345. The van der Waals surface area contributed by atoms with Crippen molar-refractivity contribution in [2.24, 2.45) is 11.1 Å². The molecule has 1 aliphatic carbocycles. The maximum atomic E-state index is 10.8. The van der Waals surface area contributed by atoms with Crippen molar-refractivity contribution < 1.29 is 9.53 Å². The van der Waals surface area contributed by atoms with E-state index in [0.29, 0.717) is 5.41 Å². The average molecular weight is 289 g/mol. The first-order chi connectivity index (χ1) is 9.97. The molecule has 1 aromatic carbocycles. The van der Waals surface area contributed by atoms with Gasteiger partial charge < -0.3 is 21.1 Å². The number of carbonyl (C=O) groups excluding carboxylic acids is 1. The normalized spacial score (nSPS) is 21.1. The predicted octanol–water partition coefficient (Wildman–Crippen LogP) is 2.42. The molecule has 21 heavy (non-hydrogen) atoms. The van der Waals surface area contributed by atoms with E-state index in [1.165, 1.54) is 11.3 Å². The summed E-state index contributed by atoms with van der Waals surface area (Å²) in [6, 6.07) is 6.11. The van der Waals surface area contributed by atoms with E-state index in [-0.39, 0.29) is 6.10 Å². The second kappa shape index (κ2) is 5.13. The smallest absolute Gasteiger partial charge is 0.404 e. The second-order valence-electron chi connectivity index (χ2n) is 6.50. The molecule has 4 N–H and O–H groups in total. The lowest BCUT2D eigenvalue weighted by Crippen LogP contribution is -2.50. The Morgan fingerprint density at radius 1 is 1.33 bits per heavy atom. The van der Waals surface area contributed by atoms with Gasteiger partial charge in [0.2, 0.25) is 0 Å². The number of hydrogen-bond donors (Lipinski definition) is 2. The number of nitrogen functional groups attached to an aromatic ring is 1. The van der Waals surface area contributed by atoms with Crippen LogP contribution in [0, 0.1) is 12.3 Å². The van der Waals surface area contributed by atoms with Gasteiger partial charge in [-0.25, -0.2) is 4.79 Å². The number of ether oxygens (including phenoxy) is 1. The van der Waals surface area contributed by atoms with Gasteiger partial charge in [-0.1, -0.05) is 0 Å². The van der Waals surface area contributed by atoms with Crippen molar-refractivity contribution in [1.29, 1.82) is 0 Å². The fraction of sp³-hybridized carbons (Fsp3) is 0.562. The Hall–Kier alpha value is -1.91. The van der Waals surface area contributed by atoms with Crippen LogP contribution in [0.15, 0.2) is 18.2 Å². The van der Waals surface area contributed by atoms with Crippen molar-refractivity contribution in [3.63, 3.8) is 0 Å². The number of nitrogens with zero attached hydrogens (tertiary/aromatic N) is 1. The number of hydrogen-bond acceptors (Lipinski definition) is 4. The first-order valence-electron chi connectivity index (χ1n) is 7.55. The Balaban J connectivity index is 1.58. The summed E-state index contributed by atoms with van der Waals surface area (Å²) in [5, 5.41) is 0. The molecule has 114 valence electrons. The van der Waals surface area contributed by atoms with E-state index < -0.39 is 6.09 Å². The van der Waals surface area contributed by atoms with Crippen LogP contribution in [0.5, 0.6) is 0 Å². The third-order valence-electron chi connectivity index (χ3n) is 4.99. The van der Waals surface area contributed by atoms with Crippen LogP contribution in [0.1, 0.15) is 31.2 Å². The summed E-state index contributed by atoms with van der Waals surface area (Å²) in [6.45, 7) is 4.21. The summed E-state index contributed by atoms with van der Waals surface area (Å²) in [5.41, 5.74) is 14.6. The molecule has 2 fully saturated rings. The Morgan fingerprint density at radius 3 is 2.57 bits per heavy atom. The number of nitrogens with two attached hydrogens (primary N) is 2. The standard InChI is InChI=1S/C16H23N3O2/c1-11-8-12(17)2-3-14(11)19-6-4-16(5-7-19)9-13(10-16)21-15(18)20/h2-3,8,13H,4-7,9-10,17H2,1H3,(H2,18,20). The highest BCUT2D eigenvalue weighted by Gasteiger charge is 2.47. The van der Waals surface area contributed by atoms with Crippen molar-refractivity contribution in [3.05, 3.63) is 23.8 Å². The first kappa shape index (κ1) is 14.0. The highest BCUT2D eigenvalue weighted by molar-refractivity contribution is 5.65.